The van der Waals surface area contributed by atoms with Crippen LogP contribution in [0.4, 0.5) is 5.00 Å². The molecule has 6 heteroatoms. The fourth-order valence-corrected chi connectivity index (χ4v) is 3.21. The third kappa shape index (κ3) is 2.52. The van der Waals surface area contributed by atoms with Crippen molar-refractivity contribution < 1.29 is 14.3 Å². The second kappa shape index (κ2) is 5.28. The first kappa shape index (κ1) is 13.4. The molecule has 0 spiro atoms. The smallest absolute Gasteiger partial charge is 0.341 e. The molecule has 2 rings (SSSR count). The number of amides is 1. The molecule has 1 aromatic rings. The summed E-state index contributed by atoms with van der Waals surface area (Å²) in [7, 11) is 0. The van der Waals surface area contributed by atoms with Crippen molar-refractivity contribution in [2.24, 2.45) is 0 Å². The number of halogens is 1. The zero-order chi connectivity index (χ0) is 13.3. The second-order valence-electron chi connectivity index (χ2n) is 4.10. The van der Waals surface area contributed by atoms with Crippen molar-refractivity contribution in [3.8, 4) is 0 Å². The molecule has 1 saturated heterocycles. The summed E-state index contributed by atoms with van der Waals surface area (Å²) in [5.41, 5.74) is 0.457. The van der Waals surface area contributed by atoms with Crippen molar-refractivity contribution in [1.29, 1.82) is 0 Å². The second-order valence-corrected chi connectivity index (χ2v) is 5.95. The molecule has 1 unspecified atom stereocenters. The molecule has 1 aromatic heterocycles. The molecule has 0 N–H and O–H groups in total. The van der Waals surface area contributed by atoms with Gasteiger partial charge in [-0.2, -0.15) is 0 Å². The molecule has 4 nitrogen and oxygen atoms in total. The highest BCUT2D eigenvalue weighted by Gasteiger charge is 2.33. The van der Waals surface area contributed by atoms with Crippen LogP contribution in [0.2, 0.25) is 0 Å². The Morgan fingerprint density at radius 2 is 2.39 bits per heavy atom. The molecule has 1 aliphatic rings. The minimum absolute atomic E-state index is 0.0394. The summed E-state index contributed by atoms with van der Waals surface area (Å²) < 4.78 is 5.00. The van der Waals surface area contributed by atoms with Gasteiger partial charge in [0.2, 0.25) is 5.91 Å². The maximum absolute atomic E-state index is 11.8. The summed E-state index contributed by atoms with van der Waals surface area (Å²) in [5, 5.41) is 0.467. The Labute approximate surface area is 114 Å². The minimum atomic E-state index is -0.386. The number of ether oxygens (including phenoxy) is 1. The van der Waals surface area contributed by atoms with Gasteiger partial charge in [-0.1, -0.05) is 0 Å². The summed E-state index contributed by atoms with van der Waals surface area (Å²) in [6, 6.07) is 1.76. The summed E-state index contributed by atoms with van der Waals surface area (Å²) in [5.74, 6) is -0.426. The number of rotatable bonds is 3. The lowest BCUT2D eigenvalue weighted by atomic mass is 10.3. The van der Waals surface area contributed by atoms with Crippen molar-refractivity contribution in [1.82, 2.24) is 0 Å². The molecule has 0 aromatic carbocycles. The van der Waals surface area contributed by atoms with E-state index in [0.717, 1.165) is 4.88 Å². The fraction of sp³-hybridized carbons (Fsp3) is 0.500. The first-order valence-electron chi connectivity index (χ1n) is 5.75. The number of alkyl halides is 1. The lowest BCUT2D eigenvalue weighted by Gasteiger charge is -2.15. The van der Waals surface area contributed by atoms with E-state index in [0.29, 0.717) is 30.1 Å². The molecule has 1 amide bonds. The molecular formula is C12H14ClNO3S. The van der Waals surface area contributed by atoms with E-state index in [1.54, 1.807) is 17.9 Å². The SMILES string of the molecule is CCOC(=O)c1cc(C)sc1N1CC(Cl)CC1=O. The number of thiophene rings is 1. The van der Waals surface area contributed by atoms with Crippen LogP contribution >= 0.6 is 22.9 Å². The van der Waals surface area contributed by atoms with Gasteiger partial charge >= 0.3 is 5.97 Å². The Morgan fingerprint density at radius 1 is 1.67 bits per heavy atom. The van der Waals surface area contributed by atoms with Gasteiger partial charge in [0.1, 0.15) is 5.00 Å². The van der Waals surface area contributed by atoms with Gasteiger partial charge in [0.15, 0.2) is 0 Å². The van der Waals surface area contributed by atoms with Gasteiger partial charge in [-0.15, -0.1) is 22.9 Å². The molecular weight excluding hydrogens is 274 g/mol. The van der Waals surface area contributed by atoms with Gasteiger partial charge in [0.25, 0.3) is 0 Å². The summed E-state index contributed by atoms with van der Waals surface area (Å²) in [6.45, 7) is 4.42. The van der Waals surface area contributed by atoms with Crippen molar-refractivity contribution in [3.05, 3.63) is 16.5 Å². The maximum Gasteiger partial charge on any atom is 0.341 e. The average molecular weight is 288 g/mol. The van der Waals surface area contributed by atoms with Gasteiger partial charge in [-0.25, -0.2) is 4.79 Å². The largest absolute Gasteiger partial charge is 0.462 e. The first-order valence-corrected chi connectivity index (χ1v) is 7.00. The monoisotopic (exact) mass is 287 g/mol. The lowest BCUT2D eigenvalue weighted by molar-refractivity contribution is -0.117. The van der Waals surface area contributed by atoms with E-state index in [9.17, 15) is 9.59 Å². The zero-order valence-corrected chi connectivity index (χ0v) is 11.8. The Morgan fingerprint density at radius 3 is 2.94 bits per heavy atom. The van der Waals surface area contributed by atoms with Gasteiger partial charge in [0.05, 0.1) is 17.5 Å². The highest BCUT2D eigenvalue weighted by molar-refractivity contribution is 7.16. The van der Waals surface area contributed by atoms with E-state index in [1.165, 1.54) is 11.3 Å². The fourth-order valence-electron chi connectivity index (χ4n) is 1.92. The van der Waals surface area contributed by atoms with Crippen molar-refractivity contribution >= 4 is 39.8 Å². The standard InChI is InChI=1S/C12H14ClNO3S/c1-3-17-12(16)9-4-7(2)18-11(9)14-6-8(13)5-10(14)15/h4,8H,3,5-6H2,1-2H3. The molecule has 0 radical (unpaired) electrons. The predicted octanol–water partition coefficient (Wildman–Crippen LogP) is 2.58. The molecule has 98 valence electrons. The van der Waals surface area contributed by atoms with Crippen LogP contribution in [0.1, 0.15) is 28.6 Å². The predicted molar refractivity (Wildman–Crippen MR) is 71.6 cm³/mol. The van der Waals surface area contributed by atoms with Crippen molar-refractivity contribution in [3.63, 3.8) is 0 Å². The van der Waals surface area contributed by atoms with Gasteiger partial charge in [-0.05, 0) is 19.9 Å². The van der Waals surface area contributed by atoms with E-state index in [1.807, 2.05) is 6.92 Å². The third-order valence-corrected chi connectivity index (χ3v) is 4.02. The number of hydrogen-bond donors (Lipinski definition) is 0. The van der Waals surface area contributed by atoms with E-state index in [-0.39, 0.29) is 17.3 Å². The molecule has 2 heterocycles. The normalized spacial score (nSPS) is 19.4. The zero-order valence-electron chi connectivity index (χ0n) is 10.2. The number of anilines is 1. The quantitative estimate of drug-likeness (QED) is 0.634. The van der Waals surface area contributed by atoms with Gasteiger partial charge in [0, 0.05) is 17.8 Å². The highest BCUT2D eigenvalue weighted by Crippen LogP contribution is 2.35. The molecule has 0 saturated carbocycles. The number of aryl methyl sites for hydroxylation is 1. The summed E-state index contributed by atoms with van der Waals surface area (Å²) in [4.78, 5) is 26.2. The van der Waals surface area contributed by atoms with Crippen LogP contribution in [-0.4, -0.2) is 30.4 Å². The van der Waals surface area contributed by atoms with Gasteiger partial charge < -0.3 is 9.64 Å². The molecule has 0 bridgehead atoms. The van der Waals surface area contributed by atoms with Crippen LogP contribution < -0.4 is 4.90 Å². The number of carbonyl (C=O) groups excluding carboxylic acids is 2. The minimum Gasteiger partial charge on any atom is -0.462 e. The topological polar surface area (TPSA) is 46.6 Å². The molecule has 1 fully saturated rings. The first-order chi connectivity index (χ1) is 8.52. The van der Waals surface area contributed by atoms with Crippen LogP contribution in [0, 0.1) is 6.92 Å². The van der Waals surface area contributed by atoms with E-state index < -0.39 is 0 Å². The number of esters is 1. The van der Waals surface area contributed by atoms with Gasteiger partial charge in [-0.3, -0.25) is 4.79 Å². The molecule has 1 atom stereocenters. The average Bonchev–Trinajstić information content (AvgIpc) is 2.82. The Balaban J connectivity index is 2.33. The Hall–Kier alpha value is -1.07. The van der Waals surface area contributed by atoms with E-state index >= 15 is 0 Å². The molecule has 1 aliphatic heterocycles. The maximum atomic E-state index is 11.8. The van der Waals surface area contributed by atoms with Crippen molar-refractivity contribution in [2.45, 2.75) is 25.6 Å². The number of carbonyl (C=O) groups is 2. The Kier molecular flexibility index (Phi) is 3.92. The Bertz CT molecular complexity index is 486. The number of hydrogen-bond acceptors (Lipinski definition) is 4. The summed E-state index contributed by atoms with van der Waals surface area (Å²) in [6.07, 6.45) is 0.320. The summed E-state index contributed by atoms with van der Waals surface area (Å²) >= 11 is 7.39. The van der Waals surface area contributed by atoms with E-state index in [2.05, 4.69) is 0 Å². The number of nitrogens with zero attached hydrogens (tertiary/aromatic N) is 1. The van der Waals surface area contributed by atoms with Crippen LogP contribution in [0.3, 0.4) is 0 Å². The van der Waals surface area contributed by atoms with E-state index in [4.69, 9.17) is 16.3 Å². The molecule has 18 heavy (non-hydrogen) atoms. The van der Waals surface area contributed by atoms with Crippen LogP contribution in [0.25, 0.3) is 0 Å². The van der Waals surface area contributed by atoms with Crippen LogP contribution in [0.5, 0.6) is 0 Å². The van der Waals surface area contributed by atoms with Crippen LogP contribution in [0.15, 0.2) is 6.07 Å². The van der Waals surface area contributed by atoms with Crippen LogP contribution in [-0.2, 0) is 9.53 Å². The highest BCUT2D eigenvalue weighted by atomic mass is 35.5. The third-order valence-electron chi connectivity index (χ3n) is 2.65. The lowest BCUT2D eigenvalue weighted by Crippen LogP contribution is -2.25. The van der Waals surface area contributed by atoms with Crippen molar-refractivity contribution in [2.75, 3.05) is 18.1 Å². The molecule has 0 aliphatic carbocycles.